The Morgan fingerprint density at radius 1 is 0.250 bits per heavy atom. The molecule has 0 radical (unpaired) electrons. The maximum atomic E-state index is 5.44. The molecule has 2 aromatic heterocycles. The molecule has 8 aromatic carbocycles. The van der Waals surface area contributed by atoms with E-state index in [2.05, 4.69) is 208 Å². The Bertz CT molecular complexity index is 2850. The first-order valence-corrected chi connectivity index (χ1v) is 19.3. The first kappa shape index (κ1) is 33.4. The molecule has 56 heavy (non-hydrogen) atoms. The minimum atomic E-state index is 0.987. The van der Waals surface area contributed by atoms with E-state index in [1.165, 1.54) is 44.5 Å². The van der Waals surface area contributed by atoms with Crippen molar-refractivity contribution in [3.05, 3.63) is 206 Å². The molecule has 0 saturated heterocycles. The topological polar surface area (TPSA) is 25.8 Å². The Labute approximate surface area is 327 Å². The summed E-state index contributed by atoms with van der Waals surface area (Å²) in [5, 5.41) is 4.45. The van der Waals surface area contributed by atoms with Gasteiger partial charge in [-0.1, -0.05) is 182 Å². The molecule has 2 nitrogen and oxygen atoms in total. The second-order valence-corrected chi connectivity index (χ2v) is 14.5. The zero-order valence-corrected chi connectivity index (χ0v) is 31.4. The second kappa shape index (κ2) is 13.9. The van der Waals surface area contributed by atoms with Gasteiger partial charge in [-0.3, -0.25) is 9.97 Å². The summed E-state index contributed by atoms with van der Waals surface area (Å²) >= 11 is 0. The monoisotopic (exact) mass is 714 g/mol. The van der Waals surface area contributed by atoms with Gasteiger partial charge in [0, 0.05) is 55.2 Å². The molecule has 0 atom stereocenters. The van der Waals surface area contributed by atoms with Gasteiger partial charge in [0.25, 0.3) is 0 Å². The number of pyridine rings is 2. The van der Waals surface area contributed by atoms with Crippen LogP contribution < -0.4 is 0 Å². The molecule has 10 aromatic rings. The van der Waals surface area contributed by atoms with Gasteiger partial charge in [0.2, 0.25) is 0 Å². The lowest BCUT2D eigenvalue weighted by Gasteiger charge is -2.20. The molecular weight excluding hydrogens is 677 g/mol. The fourth-order valence-electron chi connectivity index (χ4n) is 8.58. The van der Waals surface area contributed by atoms with Gasteiger partial charge >= 0.3 is 0 Å². The van der Waals surface area contributed by atoms with Crippen LogP contribution in [0.15, 0.2) is 194 Å². The lowest BCUT2D eigenvalue weighted by Crippen LogP contribution is -1.99. The zero-order chi connectivity index (χ0) is 37.6. The number of fused-ring (bicyclic) bond motifs is 5. The fourth-order valence-corrected chi connectivity index (χ4v) is 8.58. The number of nitrogens with zero attached hydrogens (tertiary/aromatic N) is 2. The lowest BCUT2D eigenvalue weighted by atomic mass is 9.86. The Morgan fingerprint density at radius 2 is 0.554 bits per heavy atom. The largest absolute Gasteiger partial charge is 0.252 e. The molecular formula is C54H38N2. The van der Waals surface area contributed by atoms with Crippen LogP contribution in [-0.2, 0) is 0 Å². The Balaban J connectivity index is 1.26. The highest BCUT2D eigenvalue weighted by molar-refractivity contribution is 6.21. The predicted molar refractivity (Wildman–Crippen MR) is 237 cm³/mol. The van der Waals surface area contributed by atoms with Crippen molar-refractivity contribution in [3.63, 3.8) is 0 Å². The maximum Gasteiger partial charge on any atom is 0.0791 e. The van der Waals surface area contributed by atoms with Crippen LogP contribution in [0.25, 0.3) is 99.3 Å². The zero-order valence-electron chi connectivity index (χ0n) is 31.4. The standard InChI is InChI=1S/C54H38N2/c1-35-49(39-21-11-5-12-22-39)51(43-27-15-25-41(33-43)37-17-7-3-8-18-37)47-31-30-46-45(53(47)55-35)29-32-48-52(44-28-16-26-42(34-44)38-19-9-4-10-20-38)50(36(2)56-54(46)48)40-23-13-6-14-24-40/h3-34H,1-2H3. The fraction of sp³-hybridized carbons (Fsp3) is 0.0370. The highest BCUT2D eigenvalue weighted by atomic mass is 14.7. The van der Waals surface area contributed by atoms with E-state index in [4.69, 9.17) is 9.97 Å². The summed E-state index contributed by atoms with van der Waals surface area (Å²) in [5.74, 6) is 0. The molecule has 0 spiro atoms. The van der Waals surface area contributed by atoms with Crippen LogP contribution in [0.1, 0.15) is 11.4 Å². The highest BCUT2D eigenvalue weighted by Crippen LogP contribution is 2.46. The van der Waals surface area contributed by atoms with E-state index in [1.54, 1.807) is 0 Å². The summed E-state index contributed by atoms with van der Waals surface area (Å²) in [5.41, 5.74) is 18.1. The molecule has 0 fully saturated rings. The van der Waals surface area contributed by atoms with Crippen LogP contribution in [0.3, 0.4) is 0 Å². The first-order valence-electron chi connectivity index (χ1n) is 19.3. The molecule has 0 aliphatic heterocycles. The summed E-state index contributed by atoms with van der Waals surface area (Å²) in [6, 6.07) is 69.6. The van der Waals surface area contributed by atoms with Crippen LogP contribution in [0.5, 0.6) is 0 Å². The van der Waals surface area contributed by atoms with Crippen molar-refractivity contribution < 1.29 is 0 Å². The van der Waals surface area contributed by atoms with Crippen molar-refractivity contribution in [2.24, 2.45) is 0 Å². The van der Waals surface area contributed by atoms with Crippen LogP contribution in [0.2, 0.25) is 0 Å². The van der Waals surface area contributed by atoms with Gasteiger partial charge in [0.1, 0.15) is 0 Å². The second-order valence-electron chi connectivity index (χ2n) is 14.5. The minimum Gasteiger partial charge on any atom is -0.252 e. The minimum absolute atomic E-state index is 0.987. The van der Waals surface area contributed by atoms with Crippen LogP contribution in [0.4, 0.5) is 0 Å². The quantitative estimate of drug-likeness (QED) is 0.160. The van der Waals surface area contributed by atoms with Crippen molar-refractivity contribution in [1.29, 1.82) is 0 Å². The Hall–Kier alpha value is -7.16. The van der Waals surface area contributed by atoms with Crippen molar-refractivity contribution >= 4 is 32.6 Å². The molecule has 0 aliphatic rings. The number of hydrogen-bond acceptors (Lipinski definition) is 2. The van der Waals surface area contributed by atoms with Gasteiger partial charge in [0.15, 0.2) is 0 Å². The lowest BCUT2D eigenvalue weighted by molar-refractivity contribution is 1.26. The highest BCUT2D eigenvalue weighted by Gasteiger charge is 2.22. The molecule has 264 valence electrons. The maximum absolute atomic E-state index is 5.44. The molecule has 0 N–H and O–H groups in total. The summed E-state index contributed by atoms with van der Waals surface area (Å²) in [4.78, 5) is 10.9. The average molecular weight is 715 g/mol. The van der Waals surface area contributed by atoms with Crippen LogP contribution >= 0.6 is 0 Å². The molecule has 0 bridgehead atoms. The Morgan fingerprint density at radius 3 is 0.929 bits per heavy atom. The number of aromatic nitrogens is 2. The molecule has 0 unspecified atom stereocenters. The van der Waals surface area contributed by atoms with Crippen LogP contribution in [0, 0.1) is 13.8 Å². The van der Waals surface area contributed by atoms with E-state index in [9.17, 15) is 0 Å². The van der Waals surface area contributed by atoms with E-state index in [1.807, 2.05) is 0 Å². The molecule has 0 amide bonds. The first-order chi connectivity index (χ1) is 27.6. The third-order valence-electron chi connectivity index (χ3n) is 11.1. The molecule has 2 heteroatoms. The average Bonchev–Trinajstić information content (AvgIpc) is 3.26. The van der Waals surface area contributed by atoms with Gasteiger partial charge in [-0.05, 0) is 70.5 Å². The molecule has 10 rings (SSSR count). The van der Waals surface area contributed by atoms with E-state index in [0.29, 0.717) is 0 Å². The SMILES string of the molecule is Cc1nc2c(ccc3c2ccc2c(-c4cccc(-c5ccccc5)c4)c(-c4ccccc4)c(C)nc23)c(-c2cccc(-c3ccccc3)c2)c1-c1ccccc1. The van der Waals surface area contributed by atoms with E-state index in [-0.39, 0.29) is 0 Å². The van der Waals surface area contributed by atoms with Crippen LogP contribution in [-0.4, -0.2) is 9.97 Å². The van der Waals surface area contributed by atoms with Gasteiger partial charge in [0.05, 0.1) is 11.0 Å². The third kappa shape index (κ3) is 5.75. The number of aryl methyl sites for hydroxylation is 2. The van der Waals surface area contributed by atoms with Crippen molar-refractivity contribution in [1.82, 2.24) is 9.97 Å². The van der Waals surface area contributed by atoms with E-state index >= 15 is 0 Å². The summed E-state index contributed by atoms with van der Waals surface area (Å²) < 4.78 is 0. The molecule has 0 aliphatic carbocycles. The van der Waals surface area contributed by atoms with Crippen molar-refractivity contribution in [3.8, 4) is 66.8 Å². The Kier molecular flexibility index (Phi) is 8.30. The number of rotatable bonds is 6. The molecule has 0 saturated carbocycles. The number of hydrogen-bond donors (Lipinski definition) is 0. The summed E-state index contributed by atoms with van der Waals surface area (Å²) in [6.45, 7) is 4.30. The smallest absolute Gasteiger partial charge is 0.0791 e. The van der Waals surface area contributed by atoms with Gasteiger partial charge < -0.3 is 0 Å². The van der Waals surface area contributed by atoms with Gasteiger partial charge in [-0.25, -0.2) is 0 Å². The van der Waals surface area contributed by atoms with Crippen molar-refractivity contribution in [2.45, 2.75) is 13.8 Å². The normalized spacial score (nSPS) is 11.4. The number of benzene rings is 8. The van der Waals surface area contributed by atoms with Gasteiger partial charge in [-0.15, -0.1) is 0 Å². The third-order valence-corrected chi connectivity index (χ3v) is 11.1. The summed E-state index contributed by atoms with van der Waals surface area (Å²) in [7, 11) is 0. The predicted octanol–water partition coefficient (Wildman–Crippen LogP) is 14.6. The van der Waals surface area contributed by atoms with Gasteiger partial charge in [-0.2, -0.15) is 0 Å². The van der Waals surface area contributed by atoms with Crippen molar-refractivity contribution in [2.75, 3.05) is 0 Å². The van der Waals surface area contributed by atoms with E-state index in [0.717, 1.165) is 66.2 Å². The van der Waals surface area contributed by atoms with E-state index < -0.39 is 0 Å². The molecule has 2 heterocycles. The summed E-state index contributed by atoms with van der Waals surface area (Å²) in [6.07, 6.45) is 0.